The van der Waals surface area contributed by atoms with Crippen molar-refractivity contribution < 1.29 is 0 Å². The summed E-state index contributed by atoms with van der Waals surface area (Å²) >= 11 is 0. The van der Waals surface area contributed by atoms with Gasteiger partial charge in [0.1, 0.15) is 5.82 Å². The van der Waals surface area contributed by atoms with Crippen LogP contribution in [0.3, 0.4) is 0 Å². The van der Waals surface area contributed by atoms with Crippen LogP contribution < -0.4 is 5.32 Å². The smallest absolute Gasteiger partial charge is 0.122 e. The molecule has 2 aromatic rings. The summed E-state index contributed by atoms with van der Waals surface area (Å²) in [5.41, 5.74) is 6.49. The molecule has 0 fully saturated rings. The molecule has 0 amide bonds. The van der Waals surface area contributed by atoms with E-state index in [9.17, 15) is 0 Å². The van der Waals surface area contributed by atoms with Crippen LogP contribution in [0.15, 0.2) is 18.2 Å². The van der Waals surface area contributed by atoms with E-state index >= 15 is 0 Å². The third-order valence-corrected chi connectivity index (χ3v) is 3.78. The van der Waals surface area contributed by atoms with E-state index in [-0.39, 0.29) is 0 Å². The van der Waals surface area contributed by atoms with Crippen LogP contribution in [0.25, 0.3) is 0 Å². The molecule has 0 atom stereocenters. The van der Waals surface area contributed by atoms with E-state index in [2.05, 4.69) is 60.9 Å². The molecule has 0 radical (unpaired) electrons. The molecule has 3 heteroatoms. The summed E-state index contributed by atoms with van der Waals surface area (Å²) in [6.07, 6.45) is 0.945. The van der Waals surface area contributed by atoms with E-state index in [4.69, 9.17) is 0 Å². The standard InChI is InChI=1S/C16H23N3/c1-11-6-7-14(8-12(11)2)9-15-13(3)18-16(10-17-4)19(15)5/h6-8,17H,9-10H2,1-5H3. The number of nitrogens with zero attached hydrogens (tertiary/aromatic N) is 2. The van der Waals surface area contributed by atoms with Crippen molar-refractivity contribution in [2.24, 2.45) is 7.05 Å². The van der Waals surface area contributed by atoms with E-state index in [0.29, 0.717) is 0 Å². The molecule has 0 bridgehead atoms. The fourth-order valence-electron chi connectivity index (χ4n) is 2.40. The lowest BCUT2D eigenvalue weighted by molar-refractivity contribution is 0.695. The number of hydrogen-bond acceptors (Lipinski definition) is 2. The van der Waals surface area contributed by atoms with Crippen LogP contribution in [-0.2, 0) is 20.0 Å². The highest BCUT2D eigenvalue weighted by Gasteiger charge is 2.11. The topological polar surface area (TPSA) is 29.9 Å². The quantitative estimate of drug-likeness (QED) is 0.912. The van der Waals surface area contributed by atoms with Crippen LogP contribution in [0.1, 0.15) is 33.9 Å². The van der Waals surface area contributed by atoms with Gasteiger partial charge in [0.2, 0.25) is 0 Å². The summed E-state index contributed by atoms with van der Waals surface area (Å²) in [5, 5.41) is 3.16. The maximum Gasteiger partial charge on any atom is 0.122 e. The van der Waals surface area contributed by atoms with Crippen LogP contribution in [0, 0.1) is 20.8 Å². The molecule has 19 heavy (non-hydrogen) atoms. The van der Waals surface area contributed by atoms with E-state index in [1.54, 1.807) is 0 Å². The fraction of sp³-hybridized carbons (Fsp3) is 0.438. The lowest BCUT2D eigenvalue weighted by Crippen LogP contribution is -2.11. The molecule has 1 heterocycles. The summed E-state index contributed by atoms with van der Waals surface area (Å²) in [6, 6.07) is 6.69. The molecule has 102 valence electrons. The number of hydrogen-bond donors (Lipinski definition) is 1. The van der Waals surface area contributed by atoms with Crippen LogP contribution in [-0.4, -0.2) is 16.6 Å². The average molecular weight is 257 g/mol. The van der Waals surface area contributed by atoms with Crippen LogP contribution >= 0.6 is 0 Å². The van der Waals surface area contributed by atoms with Crippen molar-refractivity contribution in [3.63, 3.8) is 0 Å². The SMILES string of the molecule is CNCc1nc(C)c(Cc2ccc(C)c(C)c2)n1C. The summed E-state index contributed by atoms with van der Waals surface area (Å²) in [6.45, 7) is 7.22. The van der Waals surface area contributed by atoms with Gasteiger partial charge in [-0.05, 0) is 44.5 Å². The molecule has 0 aliphatic rings. The largest absolute Gasteiger partial charge is 0.333 e. The van der Waals surface area contributed by atoms with E-state index < -0.39 is 0 Å². The summed E-state index contributed by atoms with van der Waals surface area (Å²) in [5.74, 6) is 1.10. The number of nitrogens with one attached hydrogen (secondary N) is 1. The second-order valence-electron chi connectivity index (χ2n) is 5.24. The highest BCUT2D eigenvalue weighted by Crippen LogP contribution is 2.17. The lowest BCUT2D eigenvalue weighted by Gasteiger charge is -2.08. The number of aryl methyl sites for hydroxylation is 3. The molecule has 0 saturated heterocycles. The van der Waals surface area contributed by atoms with Crippen LogP contribution in [0.5, 0.6) is 0 Å². The second kappa shape index (κ2) is 5.57. The number of benzene rings is 1. The van der Waals surface area contributed by atoms with Gasteiger partial charge < -0.3 is 9.88 Å². The Balaban J connectivity index is 2.30. The number of imidazole rings is 1. The minimum Gasteiger partial charge on any atom is -0.333 e. The maximum atomic E-state index is 4.64. The number of aromatic nitrogens is 2. The lowest BCUT2D eigenvalue weighted by atomic mass is 10.0. The van der Waals surface area contributed by atoms with Crippen molar-refractivity contribution in [2.75, 3.05) is 7.05 Å². The Morgan fingerprint density at radius 2 is 1.89 bits per heavy atom. The molecule has 3 nitrogen and oxygen atoms in total. The van der Waals surface area contributed by atoms with Gasteiger partial charge in [-0.2, -0.15) is 0 Å². The number of rotatable bonds is 4. The fourth-order valence-corrected chi connectivity index (χ4v) is 2.40. The Bertz CT molecular complexity index is 582. The van der Waals surface area contributed by atoms with E-state index in [1.165, 1.54) is 22.4 Å². The summed E-state index contributed by atoms with van der Waals surface area (Å²) in [4.78, 5) is 4.64. The second-order valence-corrected chi connectivity index (χ2v) is 5.24. The van der Waals surface area contributed by atoms with E-state index in [0.717, 1.165) is 24.5 Å². The normalized spacial score (nSPS) is 11.0. The Kier molecular flexibility index (Phi) is 4.05. The van der Waals surface area contributed by atoms with Gasteiger partial charge in [-0.3, -0.25) is 0 Å². The average Bonchev–Trinajstić information content (AvgIpc) is 2.62. The van der Waals surface area contributed by atoms with Gasteiger partial charge >= 0.3 is 0 Å². The van der Waals surface area contributed by atoms with Crippen molar-refractivity contribution in [1.29, 1.82) is 0 Å². The first-order valence-electron chi connectivity index (χ1n) is 6.74. The van der Waals surface area contributed by atoms with Gasteiger partial charge in [0.25, 0.3) is 0 Å². The Hall–Kier alpha value is -1.61. The van der Waals surface area contributed by atoms with Crippen molar-refractivity contribution >= 4 is 0 Å². The predicted molar refractivity (Wildman–Crippen MR) is 79.4 cm³/mol. The molecule has 0 aliphatic carbocycles. The molecule has 0 spiro atoms. The molecule has 0 aliphatic heterocycles. The van der Waals surface area contributed by atoms with Crippen LogP contribution in [0.2, 0.25) is 0 Å². The molecule has 1 N–H and O–H groups in total. The van der Waals surface area contributed by atoms with Crippen LogP contribution in [0.4, 0.5) is 0 Å². The summed E-state index contributed by atoms with van der Waals surface area (Å²) < 4.78 is 2.21. The minimum absolute atomic E-state index is 0.810. The van der Waals surface area contributed by atoms with Gasteiger partial charge in [-0.25, -0.2) is 4.98 Å². The Morgan fingerprint density at radius 3 is 2.53 bits per heavy atom. The Morgan fingerprint density at radius 1 is 1.16 bits per heavy atom. The molecular formula is C16H23N3. The summed E-state index contributed by atoms with van der Waals surface area (Å²) in [7, 11) is 4.05. The van der Waals surface area contributed by atoms with Gasteiger partial charge in [-0.15, -0.1) is 0 Å². The van der Waals surface area contributed by atoms with Crippen molar-refractivity contribution in [3.8, 4) is 0 Å². The van der Waals surface area contributed by atoms with Gasteiger partial charge in [-0.1, -0.05) is 18.2 Å². The predicted octanol–water partition coefficient (Wildman–Crippen LogP) is 2.66. The van der Waals surface area contributed by atoms with Gasteiger partial charge in [0.15, 0.2) is 0 Å². The first-order valence-corrected chi connectivity index (χ1v) is 6.74. The van der Waals surface area contributed by atoms with Gasteiger partial charge in [0, 0.05) is 19.2 Å². The van der Waals surface area contributed by atoms with Crippen molar-refractivity contribution in [3.05, 3.63) is 52.1 Å². The zero-order valence-electron chi connectivity index (χ0n) is 12.5. The van der Waals surface area contributed by atoms with Gasteiger partial charge in [0.05, 0.1) is 12.2 Å². The molecular weight excluding hydrogens is 234 g/mol. The first-order chi connectivity index (χ1) is 9.02. The van der Waals surface area contributed by atoms with Crippen molar-refractivity contribution in [2.45, 2.75) is 33.7 Å². The molecule has 2 rings (SSSR count). The van der Waals surface area contributed by atoms with E-state index in [1.807, 2.05) is 7.05 Å². The highest BCUT2D eigenvalue weighted by molar-refractivity contribution is 5.33. The minimum atomic E-state index is 0.810. The third kappa shape index (κ3) is 2.87. The molecule has 0 unspecified atom stereocenters. The molecule has 0 saturated carbocycles. The Labute approximate surface area is 115 Å². The van der Waals surface area contributed by atoms with Crippen molar-refractivity contribution in [1.82, 2.24) is 14.9 Å². The third-order valence-electron chi connectivity index (χ3n) is 3.78. The zero-order chi connectivity index (χ0) is 14.0. The highest BCUT2D eigenvalue weighted by atomic mass is 15.1. The monoisotopic (exact) mass is 257 g/mol. The maximum absolute atomic E-state index is 4.64. The first kappa shape index (κ1) is 13.8. The molecule has 1 aromatic heterocycles. The molecule has 1 aromatic carbocycles. The zero-order valence-corrected chi connectivity index (χ0v) is 12.5.